The molecular formula is C24H22Cl2FNO6. The fourth-order valence-corrected chi connectivity index (χ4v) is 5.07. The maximum atomic E-state index is 14.9. The van der Waals surface area contributed by atoms with Crippen LogP contribution in [0, 0.1) is 5.82 Å². The van der Waals surface area contributed by atoms with Gasteiger partial charge in [0.25, 0.3) is 11.7 Å². The number of nitrogens with zero attached hydrogens (tertiary/aromatic N) is 1. The summed E-state index contributed by atoms with van der Waals surface area (Å²) in [4.78, 5) is 27.5. The van der Waals surface area contributed by atoms with Crippen LogP contribution in [0.5, 0.6) is 11.5 Å². The Balaban J connectivity index is 1.93. The van der Waals surface area contributed by atoms with Crippen molar-refractivity contribution >= 4 is 40.7 Å². The van der Waals surface area contributed by atoms with Crippen molar-refractivity contribution in [1.29, 1.82) is 0 Å². The van der Waals surface area contributed by atoms with Gasteiger partial charge in [-0.1, -0.05) is 41.4 Å². The smallest absolute Gasteiger partial charge is 0.295 e. The van der Waals surface area contributed by atoms with Gasteiger partial charge in [-0.15, -0.1) is 0 Å². The van der Waals surface area contributed by atoms with Gasteiger partial charge in [0.15, 0.2) is 11.5 Å². The second kappa shape index (κ2) is 9.82. The summed E-state index contributed by atoms with van der Waals surface area (Å²) in [7, 11) is 2.68. The molecule has 1 N–H and O–H groups in total. The molecule has 2 aromatic carbocycles. The van der Waals surface area contributed by atoms with Gasteiger partial charge in [0.2, 0.25) is 0 Å². The molecule has 0 bridgehead atoms. The number of methoxy groups -OCH3 is 2. The van der Waals surface area contributed by atoms with E-state index in [2.05, 4.69) is 0 Å². The van der Waals surface area contributed by atoms with Gasteiger partial charge in [0.05, 0.1) is 42.5 Å². The number of amides is 1. The van der Waals surface area contributed by atoms with Crippen LogP contribution in [0.4, 0.5) is 4.39 Å². The highest BCUT2D eigenvalue weighted by Crippen LogP contribution is 2.47. The average Bonchev–Trinajstić information content (AvgIpc) is 3.41. The van der Waals surface area contributed by atoms with Crippen molar-refractivity contribution < 1.29 is 33.3 Å². The zero-order valence-electron chi connectivity index (χ0n) is 18.4. The molecule has 2 atom stereocenters. The number of aliphatic hydroxyl groups excluding tert-OH is 1. The molecule has 0 spiro atoms. The van der Waals surface area contributed by atoms with Crippen molar-refractivity contribution in [3.05, 3.63) is 62.9 Å². The average molecular weight is 510 g/mol. The van der Waals surface area contributed by atoms with Crippen LogP contribution in [0.15, 0.2) is 35.9 Å². The van der Waals surface area contributed by atoms with Crippen LogP contribution in [0.3, 0.4) is 0 Å². The van der Waals surface area contributed by atoms with E-state index in [-0.39, 0.29) is 50.9 Å². The number of ether oxygens (including phenoxy) is 3. The molecule has 0 radical (unpaired) electrons. The van der Waals surface area contributed by atoms with E-state index in [4.69, 9.17) is 37.4 Å². The number of rotatable bonds is 6. The molecule has 0 aliphatic carbocycles. The first-order valence-electron chi connectivity index (χ1n) is 10.5. The number of aliphatic hydroxyl groups is 1. The number of Topliss-reactive ketones (excluding diaryl/α,β-unsaturated/α-hetero) is 1. The topological polar surface area (TPSA) is 85.3 Å². The highest BCUT2D eigenvalue weighted by atomic mass is 35.5. The fourth-order valence-electron chi connectivity index (χ4n) is 4.39. The minimum absolute atomic E-state index is 0.0157. The summed E-state index contributed by atoms with van der Waals surface area (Å²) in [5, 5.41) is 11.3. The highest BCUT2D eigenvalue weighted by molar-refractivity contribution is 6.47. The van der Waals surface area contributed by atoms with Crippen LogP contribution in [0.2, 0.25) is 10.0 Å². The first kappa shape index (κ1) is 24.3. The van der Waals surface area contributed by atoms with Crippen LogP contribution >= 0.6 is 23.2 Å². The van der Waals surface area contributed by atoms with Crippen molar-refractivity contribution in [2.45, 2.75) is 25.0 Å². The molecular weight excluding hydrogens is 488 g/mol. The number of hydrogen-bond donors (Lipinski definition) is 1. The quantitative estimate of drug-likeness (QED) is 0.343. The monoisotopic (exact) mass is 509 g/mol. The van der Waals surface area contributed by atoms with Crippen molar-refractivity contribution in [2.75, 3.05) is 27.4 Å². The molecule has 7 nitrogen and oxygen atoms in total. The van der Waals surface area contributed by atoms with E-state index in [1.807, 2.05) is 0 Å². The Hall–Kier alpha value is -2.81. The van der Waals surface area contributed by atoms with E-state index in [0.717, 1.165) is 6.42 Å². The zero-order chi connectivity index (χ0) is 24.6. The van der Waals surface area contributed by atoms with Gasteiger partial charge >= 0.3 is 0 Å². The molecule has 2 fully saturated rings. The Bertz CT molecular complexity index is 1180. The van der Waals surface area contributed by atoms with E-state index in [1.165, 1.54) is 43.4 Å². The number of likely N-dealkylation sites (tertiary alicyclic amines) is 1. The molecule has 2 heterocycles. The molecule has 0 aromatic heterocycles. The van der Waals surface area contributed by atoms with E-state index in [9.17, 15) is 19.1 Å². The maximum Gasteiger partial charge on any atom is 0.295 e. The highest BCUT2D eigenvalue weighted by Gasteiger charge is 2.48. The minimum Gasteiger partial charge on any atom is -0.507 e. The first-order chi connectivity index (χ1) is 16.3. The van der Waals surface area contributed by atoms with Crippen molar-refractivity contribution in [2.24, 2.45) is 0 Å². The first-order valence-corrected chi connectivity index (χ1v) is 11.3. The number of carbonyl (C=O) groups excluding carboxylic acids is 2. The summed E-state index contributed by atoms with van der Waals surface area (Å²) in [6.07, 6.45) is 1.22. The summed E-state index contributed by atoms with van der Waals surface area (Å²) in [5.74, 6) is -2.96. The molecule has 1 amide bonds. The Kier molecular flexibility index (Phi) is 7.02. The fraction of sp³-hybridized carbons (Fsp3) is 0.333. The van der Waals surface area contributed by atoms with Crippen LogP contribution in [0.25, 0.3) is 5.76 Å². The Morgan fingerprint density at radius 1 is 1.21 bits per heavy atom. The van der Waals surface area contributed by atoms with E-state index < -0.39 is 29.3 Å². The third kappa shape index (κ3) is 4.10. The summed E-state index contributed by atoms with van der Waals surface area (Å²) < 4.78 is 31.1. The molecule has 2 aromatic rings. The second-order valence-electron chi connectivity index (χ2n) is 7.89. The molecule has 0 saturated carbocycles. The largest absolute Gasteiger partial charge is 0.507 e. The van der Waals surface area contributed by atoms with Gasteiger partial charge in [-0.2, -0.15) is 0 Å². The number of carbonyl (C=O) groups is 2. The van der Waals surface area contributed by atoms with E-state index in [1.54, 1.807) is 6.07 Å². The predicted octanol–water partition coefficient (Wildman–Crippen LogP) is 4.75. The third-order valence-corrected chi connectivity index (χ3v) is 6.58. The standard InChI is InChI=1S/C24H22Cl2FNO6/c1-32-22-14(10-15(25)23(33-2)18(22)26)20(29)17-19(13-7-3-4-8-16(13)27)28(24(31)21(17)30)11-12-6-5-9-34-12/h3-4,7-8,10,12,19,29H,5-6,9,11H2,1-2H3/b20-17+. The van der Waals surface area contributed by atoms with Crippen LogP contribution in [-0.2, 0) is 14.3 Å². The molecule has 2 aliphatic heterocycles. The number of hydrogen-bond acceptors (Lipinski definition) is 6. The maximum absolute atomic E-state index is 14.9. The van der Waals surface area contributed by atoms with Gasteiger partial charge in [-0.3, -0.25) is 9.59 Å². The Labute approximate surface area is 205 Å². The molecule has 2 aliphatic rings. The second-order valence-corrected chi connectivity index (χ2v) is 8.68. The molecule has 180 valence electrons. The summed E-state index contributed by atoms with van der Waals surface area (Å²) in [5.41, 5.74) is -0.274. The van der Waals surface area contributed by atoms with E-state index >= 15 is 0 Å². The molecule has 2 unspecified atom stereocenters. The van der Waals surface area contributed by atoms with Gasteiger partial charge in [0.1, 0.15) is 16.6 Å². The van der Waals surface area contributed by atoms with Gasteiger partial charge in [-0.25, -0.2) is 4.39 Å². The summed E-state index contributed by atoms with van der Waals surface area (Å²) >= 11 is 12.6. The van der Waals surface area contributed by atoms with Gasteiger partial charge in [0, 0.05) is 18.7 Å². The van der Waals surface area contributed by atoms with Crippen LogP contribution in [-0.4, -0.2) is 55.2 Å². The molecule has 10 heteroatoms. The molecule has 4 rings (SSSR count). The predicted molar refractivity (Wildman–Crippen MR) is 124 cm³/mol. The number of halogens is 3. The molecule has 2 saturated heterocycles. The third-order valence-electron chi connectivity index (χ3n) is 5.96. The van der Waals surface area contributed by atoms with Crippen molar-refractivity contribution in [1.82, 2.24) is 4.90 Å². The molecule has 34 heavy (non-hydrogen) atoms. The normalized spacial score (nSPS) is 21.9. The SMILES string of the molecule is COc1c(Cl)cc(/C(O)=C2\C(=O)C(=O)N(CC3CCCO3)C2c2ccccc2F)c(OC)c1Cl. The van der Waals surface area contributed by atoms with Gasteiger partial charge in [-0.05, 0) is 25.0 Å². The lowest BCUT2D eigenvalue weighted by atomic mass is 9.94. The number of benzene rings is 2. The van der Waals surface area contributed by atoms with Crippen LogP contribution in [0.1, 0.15) is 30.0 Å². The Morgan fingerprint density at radius 2 is 1.91 bits per heavy atom. The lowest BCUT2D eigenvalue weighted by molar-refractivity contribution is -0.140. The van der Waals surface area contributed by atoms with E-state index in [0.29, 0.717) is 13.0 Å². The van der Waals surface area contributed by atoms with Crippen molar-refractivity contribution in [3.63, 3.8) is 0 Å². The summed E-state index contributed by atoms with van der Waals surface area (Å²) in [6, 6.07) is 5.90. The minimum atomic E-state index is -1.19. The lowest BCUT2D eigenvalue weighted by Gasteiger charge is -2.27. The Morgan fingerprint density at radius 3 is 2.53 bits per heavy atom. The van der Waals surface area contributed by atoms with Crippen LogP contribution < -0.4 is 9.47 Å². The van der Waals surface area contributed by atoms with Gasteiger partial charge < -0.3 is 24.2 Å². The zero-order valence-corrected chi connectivity index (χ0v) is 20.0. The van der Waals surface area contributed by atoms with Crippen molar-refractivity contribution in [3.8, 4) is 11.5 Å². The lowest BCUT2D eigenvalue weighted by Crippen LogP contribution is -2.36. The number of ketones is 1. The summed E-state index contributed by atoms with van der Waals surface area (Å²) in [6.45, 7) is 0.612.